The number of thioether (sulfide) groups is 1. The van der Waals surface area contributed by atoms with E-state index in [2.05, 4.69) is 21.7 Å². The number of nitrogens with zero attached hydrogens (tertiary/aromatic N) is 3. The summed E-state index contributed by atoms with van der Waals surface area (Å²) < 4.78 is 15.0. The van der Waals surface area contributed by atoms with Crippen LogP contribution in [-0.4, -0.2) is 14.8 Å². The van der Waals surface area contributed by atoms with Gasteiger partial charge in [-0.25, -0.2) is 4.39 Å². The van der Waals surface area contributed by atoms with Gasteiger partial charge < -0.3 is 4.57 Å². The smallest absolute Gasteiger partial charge is 0.191 e. The van der Waals surface area contributed by atoms with E-state index in [-0.39, 0.29) is 11.1 Å². The molecular weight excluding hydrogens is 249 g/mol. The molecule has 2 aromatic rings. The fraction of sp³-hybridized carbons (Fsp3) is 0.385. The first-order valence-corrected chi connectivity index (χ1v) is 6.93. The zero-order chi connectivity index (χ0) is 12.5. The third kappa shape index (κ3) is 2.41. The molecule has 1 saturated carbocycles. The van der Waals surface area contributed by atoms with Crippen LogP contribution in [0.2, 0.25) is 0 Å². The third-order valence-corrected chi connectivity index (χ3v) is 4.23. The summed E-state index contributed by atoms with van der Waals surface area (Å²) >= 11 is 1.67. The van der Waals surface area contributed by atoms with Crippen molar-refractivity contribution >= 4 is 11.8 Å². The molecule has 94 valence electrons. The molecule has 5 heteroatoms. The SMILES string of the molecule is CC(Sc1nncn1C1CC1)c1ccc(F)cc1. The van der Waals surface area contributed by atoms with E-state index < -0.39 is 0 Å². The summed E-state index contributed by atoms with van der Waals surface area (Å²) in [4.78, 5) is 0. The fourth-order valence-electron chi connectivity index (χ4n) is 1.88. The minimum absolute atomic E-state index is 0.197. The molecule has 0 bridgehead atoms. The Balaban J connectivity index is 1.75. The topological polar surface area (TPSA) is 30.7 Å². The Kier molecular flexibility index (Phi) is 3.07. The van der Waals surface area contributed by atoms with Crippen LogP contribution in [0.5, 0.6) is 0 Å². The van der Waals surface area contributed by atoms with Gasteiger partial charge in [0.05, 0.1) is 0 Å². The van der Waals surface area contributed by atoms with Crippen LogP contribution in [0.15, 0.2) is 35.7 Å². The molecule has 1 aromatic carbocycles. The highest BCUT2D eigenvalue weighted by Gasteiger charge is 2.27. The maximum absolute atomic E-state index is 12.9. The molecule has 1 heterocycles. The van der Waals surface area contributed by atoms with Crippen molar-refractivity contribution in [3.63, 3.8) is 0 Å². The summed E-state index contributed by atoms with van der Waals surface area (Å²) in [5.74, 6) is -0.197. The quantitative estimate of drug-likeness (QED) is 0.790. The van der Waals surface area contributed by atoms with E-state index in [0.29, 0.717) is 6.04 Å². The first-order chi connectivity index (χ1) is 8.74. The Morgan fingerprint density at radius 3 is 2.72 bits per heavy atom. The molecule has 1 atom stereocenters. The summed E-state index contributed by atoms with van der Waals surface area (Å²) in [6.07, 6.45) is 4.24. The molecular formula is C13H14FN3S. The monoisotopic (exact) mass is 263 g/mol. The normalized spacial score (nSPS) is 16.8. The van der Waals surface area contributed by atoms with E-state index in [9.17, 15) is 4.39 Å². The van der Waals surface area contributed by atoms with Crippen molar-refractivity contribution in [1.82, 2.24) is 14.8 Å². The van der Waals surface area contributed by atoms with Crippen molar-refractivity contribution in [2.45, 2.75) is 36.2 Å². The molecule has 0 amide bonds. The van der Waals surface area contributed by atoms with Crippen LogP contribution < -0.4 is 0 Å². The minimum Gasteiger partial charge on any atom is -0.306 e. The highest BCUT2D eigenvalue weighted by Crippen LogP contribution is 2.40. The molecule has 1 unspecified atom stereocenters. The number of aromatic nitrogens is 3. The zero-order valence-electron chi connectivity index (χ0n) is 10.1. The van der Waals surface area contributed by atoms with Crippen LogP contribution in [0, 0.1) is 5.82 Å². The van der Waals surface area contributed by atoms with Crippen molar-refractivity contribution in [2.75, 3.05) is 0 Å². The van der Waals surface area contributed by atoms with Gasteiger partial charge in [0.15, 0.2) is 5.16 Å². The van der Waals surface area contributed by atoms with Gasteiger partial charge in [0.1, 0.15) is 12.1 Å². The van der Waals surface area contributed by atoms with Crippen LogP contribution in [-0.2, 0) is 0 Å². The molecule has 18 heavy (non-hydrogen) atoms. The van der Waals surface area contributed by atoms with Crippen LogP contribution in [0.3, 0.4) is 0 Å². The number of benzene rings is 1. The van der Waals surface area contributed by atoms with E-state index in [4.69, 9.17) is 0 Å². The molecule has 0 saturated heterocycles. The molecule has 1 aromatic heterocycles. The Morgan fingerprint density at radius 2 is 2.06 bits per heavy atom. The van der Waals surface area contributed by atoms with Crippen molar-refractivity contribution in [3.05, 3.63) is 42.0 Å². The predicted octanol–water partition coefficient (Wildman–Crippen LogP) is 3.61. The largest absolute Gasteiger partial charge is 0.306 e. The standard InChI is InChI=1S/C13H14FN3S/c1-9(10-2-4-11(14)5-3-10)18-13-16-15-8-17(13)12-6-7-12/h2-5,8-9,12H,6-7H2,1H3. The number of halogens is 1. The molecule has 0 radical (unpaired) electrons. The third-order valence-electron chi connectivity index (χ3n) is 3.10. The van der Waals surface area contributed by atoms with Gasteiger partial charge in [0.25, 0.3) is 0 Å². The second-order valence-corrected chi connectivity index (χ2v) is 5.87. The van der Waals surface area contributed by atoms with Crippen LogP contribution in [0.4, 0.5) is 4.39 Å². The van der Waals surface area contributed by atoms with Gasteiger partial charge in [-0.1, -0.05) is 23.9 Å². The molecule has 0 aliphatic heterocycles. The van der Waals surface area contributed by atoms with Gasteiger partial charge in [0.2, 0.25) is 0 Å². The Hall–Kier alpha value is -1.36. The van der Waals surface area contributed by atoms with Gasteiger partial charge in [-0.3, -0.25) is 0 Å². The average molecular weight is 263 g/mol. The molecule has 1 aliphatic rings. The van der Waals surface area contributed by atoms with E-state index in [0.717, 1.165) is 10.7 Å². The van der Waals surface area contributed by atoms with E-state index in [1.807, 2.05) is 12.1 Å². The molecule has 3 rings (SSSR count). The fourth-order valence-corrected chi connectivity index (χ4v) is 2.90. The lowest BCUT2D eigenvalue weighted by molar-refractivity contribution is 0.627. The second-order valence-electron chi connectivity index (χ2n) is 4.56. The van der Waals surface area contributed by atoms with E-state index >= 15 is 0 Å². The minimum atomic E-state index is -0.197. The first kappa shape index (κ1) is 11.7. The lowest BCUT2D eigenvalue weighted by atomic mass is 10.2. The van der Waals surface area contributed by atoms with Crippen molar-refractivity contribution in [1.29, 1.82) is 0 Å². The molecule has 3 nitrogen and oxygen atoms in total. The van der Waals surface area contributed by atoms with Crippen LogP contribution in [0.25, 0.3) is 0 Å². The van der Waals surface area contributed by atoms with Gasteiger partial charge in [-0.2, -0.15) is 0 Å². The number of hydrogen-bond acceptors (Lipinski definition) is 3. The van der Waals surface area contributed by atoms with E-state index in [1.54, 1.807) is 18.1 Å². The van der Waals surface area contributed by atoms with Crippen LogP contribution >= 0.6 is 11.8 Å². The van der Waals surface area contributed by atoms with Crippen molar-refractivity contribution in [3.8, 4) is 0 Å². The zero-order valence-corrected chi connectivity index (χ0v) is 10.9. The number of rotatable bonds is 4. The molecule has 0 N–H and O–H groups in total. The van der Waals surface area contributed by atoms with Crippen molar-refractivity contribution in [2.24, 2.45) is 0 Å². The van der Waals surface area contributed by atoms with Gasteiger partial charge in [0, 0.05) is 11.3 Å². The summed E-state index contributed by atoms with van der Waals surface area (Å²) in [6.45, 7) is 2.10. The van der Waals surface area contributed by atoms with Gasteiger partial charge in [-0.05, 0) is 37.5 Å². The van der Waals surface area contributed by atoms with Crippen LogP contribution in [0.1, 0.15) is 36.6 Å². The predicted molar refractivity (Wildman–Crippen MR) is 69.0 cm³/mol. The second kappa shape index (κ2) is 4.72. The van der Waals surface area contributed by atoms with Gasteiger partial charge in [-0.15, -0.1) is 10.2 Å². The maximum Gasteiger partial charge on any atom is 0.191 e. The average Bonchev–Trinajstić information content (AvgIpc) is 3.11. The number of hydrogen-bond donors (Lipinski definition) is 0. The molecule has 0 spiro atoms. The maximum atomic E-state index is 12.9. The Bertz CT molecular complexity index is 533. The highest BCUT2D eigenvalue weighted by atomic mass is 32.2. The summed E-state index contributed by atoms with van der Waals surface area (Å²) in [5.41, 5.74) is 1.10. The lowest BCUT2D eigenvalue weighted by Crippen LogP contribution is -1.97. The first-order valence-electron chi connectivity index (χ1n) is 6.05. The molecule has 1 aliphatic carbocycles. The lowest BCUT2D eigenvalue weighted by Gasteiger charge is -2.11. The van der Waals surface area contributed by atoms with Crippen molar-refractivity contribution < 1.29 is 4.39 Å². The summed E-state index contributed by atoms with van der Waals surface area (Å²) in [5, 5.41) is 9.33. The summed E-state index contributed by atoms with van der Waals surface area (Å²) in [7, 11) is 0. The Labute approximate surface area is 109 Å². The van der Waals surface area contributed by atoms with E-state index in [1.165, 1.54) is 25.0 Å². The summed E-state index contributed by atoms with van der Waals surface area (Å²) in [6, 6.07) is 7.23. The van der Waals surface area contributed by atoms with Gasteiger partial charge >= 0.3 is 0 Å². The Morgan fingerprint density at radius 1 is 1.33 bits per heavy atom. The highest BCUT2D eigenvalue weighted by molar-refractivity contribution is 7.99. The molecule has 1 fully saturated rings.